The Morgan fingerprint density at radius 3 is 2.53 bits per heavy atom. The van der Waals surface area contributed by atoms with Crippen molar-refractivity contribution >= 4 is 33.8 Å². The highest BCUT2D eigenvalue weighted by atomic mass is 35.5. The van der Waals surface area contributed by atoms with E-state index in [0.29, 0.717) is 46.3 Å². The van der Waals surface area contributed by atoms with E-state index < -0.39 is 0 Å². The number of fused-ring (bicyclic) bond motifs is 1. The van der Waals surface area contributed by atoms with E-state index in [2.05, 4.69) is 0 Å². The maximum Gasteiger partial charge on any atom is 0.261 e. The predicted octanol–water partition coefficient (Wildman–Crippen LogP) is 5.97. The molecule has 0 saturated carbocycles. The molecule has 0 saturated heterocycles. The smallest absolute Gasteiger partial charge is 0.261 e. The largest absolute Gasteiger partial charge is 0.497 e. The molecule has 0 fully saturated rings. The molecule has 8 heteroatoms. The van der Waals surface area contributed by atoms with Crippen molar-refractivity contribution in [2.75, 3.05) is 14.2 Å². The second-order valence-corrected chi connectivity index (χ2v) is 9.76. The minimum absolute atomic E-state index is 0.123. The Hall–Kier alpha value is -3.65. The van der Waals surface area contributed by atoms with E-state index in [1.165, 1.54) is 11.3 Å². The number of rotatable bonds is 7. The van der Waals surface area contributed by atoms with Crippen molar-refractivity contribution in [2.24, 2.45) is 5.73 Å². The molecule has 0 amide bonds. The zero-order valence-electron chi connectivity index (χ0n) is 19.8. The molecule has 5 rings (SSSR count). The number of methoxy groups -OCH3 is 2. The van der Waals surface area contributed by atoms with Gasteiger partial charge < -0.3 is 15.2 Å². The first-order valence-electron chi connectivity index (χ1n) is 11.3. The van der Waals surface area contributed by atoms with Crippen molar-refractivity contribution in [1.29, 1.82) is 0 Å². The fraction of sp³-hybridized carbons (Fsp3) is 0.143. The molecule has 0 bridgehead atoms. The molecule has 3 aromatic carbocycles. The Kier molecular flexibility index (Phi) is 6.78. The molecule has 0 atom stereocenters. The topological polar surface area (TPSA) is 79.4 Å². The SMILES string of the molecule is COc1ccc(-c2ccc(-c3nc4cc(Cl)ccc4c(=O)n3Cc3cccc(CN)c3)s2)c(OC)c1. The van der Waals surface area contributed by atoms with Crippen molar-refractivity contribution in [3.63, 3.8) is 0 Å². The second kappa shape index (κ2) is 10.1. The summed E-state index contributed by atoms with van der Waals surface area (Å²) < 4.78 is 12.6. The van der Waals surface area contributed by atoms with Crippen LogP contribution in [0.15, 0.2) is 77.6 Å². The van der Waals surface area contributed by atoms with Crippen LogP contribution in [-0.4, -0.2) is 23.8 Å². The summed E-state index contributed by atoms with van der Waals surface area (Å²) in [5.74, 6) is 2.00. The fourth-order valence-corrected chi connectivity index (χ4v) is 5.37. The molecule has 36 heavy (non-hydrogen) atoms. The third-order valence-electron chi connectivity index (χ3n) is 5.99. The van der Waals surface area contributed by atoms with E-state index in [9.17, 15) is 4.79 Å². The van der Waals surface area contributed by atoms with Crippen LogP contribution < -0.4 is 20.8 Å². The third kappa shape index (κ3) is 4.60. The van der Waals surface area contributed by atoms with Gasteiger partial charge in [-0.1, -0.05) is 35.9 Å². The van der Waals surface area contributed by atoms with Gasteiger partial charge in [0.25, 0.3) is 5.56 Å². The monoisotopic (exact) mass is 517 g/mol. The van der Waals surface area contributed by atoms with Crippen LogP contribution in [0.2, 0.25) is 5.02 Å². The first-order chi connectivity index (χ1) is 17.5. The van der Waals surface area contributed by atoms with Gasteiger partial charge in [0, 0.05) is 28.1 Å². The molecular weight excluding hydrogens is 494 g/mol. The van der Waals surface area contributed by atoms with Crippen LogP contribution in [0.4, 0.5) is 0 Å². The van der Waals surface area contributed by atoms with E-state index in [1.807, 2.05) is 54.6 Å². The molecular formula is C28H24ClN3O3S. The summed E-state index contributed by atoms with van der Waals surface area (Å²) in [5.41, 5.74) is 9.20. The molecule has 2 heterocycles. The first-order valence-corrected chi connectivity index (χ1v) is 12.5. The Morgan fingerprint density at radius 1 is 0.944 bits per heavy atom. The number of hydrogen-bond donors (Lipinski definition) is 1. The predicted molar refractivity (Wildman–Crippen MR) is 146 cm³/mol. The highest BCUT2D eigenvalue weighted by Crippen LogP contribution is 2.40. The summed E-state index contributed by atoms with van der Waals surface area (Å²) in [5, 5.41) is 1.05. The van der Waals surface area contributed by atoms with Crippen LogP contribution in [-0.2, 0) is 13.1 Å². The van der Waals surface area contributed by atoms with Crippen LogP contribution in [0.25, 0.3) is 32.0 Å². The Morgan fingerprint density at radius 2 is 1.75 bits per heavy atom. The normalized spacial score (nSPS) is 11.1. The van der Waals surface area contributed by atoms with Gasteiger partial charge in [-0.25, -0.2) is 4.98 Å². The molecule has 0 aliphatic carbocycles. The van der Waals surface area contributed by atoms with E-state index in [0.717, 1.165) is 26.4 Å². The lowest BCUT2D eigenvalue weighted by molar-refractivity contribution is 0.395. The van der Waals surface area contributed by atoms with E-state index in [4.69, 9.17) is 31.8 Å². The number of aromatic nitrogens is 2. The van der Waals surface area contributed by atoms with Gasteiger partial charge >= 0.3 is 0 Å². The number of nitrogens with two attached hydrogens (primary N) is 1. The highest BCUT2D eigenvalue weighted by Gasteiger charge is 2.17. The van der Waals surface area contributed by atoms with E-state index >= 15 is 0 Å². The summed E-state index contributed by atoms with van der Waals surface area (Å²) >= 11 is 7.77. The maximum atomic E-state index is 13.7. The van der Waals surface area contributed by atoms with Gasteiger partial charge in [-0.05, 0) is 53.6 Å². The standard InChI is InChI=1S/C28H24ClN3O3S/c1-34-20-7-9-22(24(14-20)35-2)25-10-11-26(36-25)27-31-23-13-19(29)6-8-21(23)28(33)32(27)16-18-5-3-4-17(12-18)15-30/h3-14H,15-16,30H2,1-2H3. The highest BCUT2D eigenvalue weighted by molar-refractivity contribution is 7.18. The average Bonchev–Trinajstić information content (AvgIpc) is 3.39. The molecule has 0 radical (unpaired) electrons. The second-order valence-electron chi connectivity index (χ2n) is 8.24. The lowest BCUT2D eigenvalue weighted by atomic mass is 10.1. The molecule has 6 nitrogen and oxygen atoms in total. The molecule has 5 aromatic rings. The van der Waals surface area contributed by atoms with Crippen LogP contribution in [0, 0.1) is 0 Å². The van der Waals surface area contributed by atoms with Crippen molar-refractivity contribution < 1.29 is 9.47 Å². The van der Waals surface area contributed by atoms with Crippen LogP contribution in [0.3, 0.4) is 0 Å². The van der Waals surface area contributed by atoms with Gasteiger partial charge in [0.15, 0.2) is 5.82 Å². The number of nitrogens with zero attached hydrogens (tertiary/aromatic N) is 2. The minimum Gasteiger partial charge on any atom is -0.497 e. The summed E-state index contributed by atoms with van der Waals surface area (Å²) in [6.45, 7) is 0.800. The van der Waals surface area contributed by atoms with Gasteiger partial charge in [-0.2, -0.15) is 0 Å². The number of ether oxygens (including phenoxy) is 2. The van der Waals surface area contributed by atoms with Crippen LogP contribution >= 0.6 is 22.9 Å². The zero-order valence-corrected chi connectivity index (χ0v) is 21.4. The van der Waals surface area contributed by atoms with Gasteiger partial charge in [-0.3, -0.25) is 9.36 Å². The number of benzene rings is 3. The Balaban J connectivity index is 1.67. The van der Waals surface area contributed by atoms with Crippen molar-refractivity contribution in [3.05, 3.63) is 99.3 Å². The fourth-order valence-electron chi connectivity index (χ4n) is 4.17. The van der Waals surface area contributed by atoms with E-state index in [1.54, 1.807) is 37.0 Å². The van der Waals surface area contributed by atoms with Crippen LogP contribution in [0.1, 0.15) is 11.1 Å². The van der Waals surface area contributed by atoms with Crippen LogP contribution in [0.5, 0.6) is 11.5 Å². The molecule has 0 spiro atoms. The molecule has 2 N–H and O–H groups in total. The van der Waals surface area contributed by atoms with Crippen molar-refractivity contribution in [1.82, 2.24) is 9.55 Å². The zero-order chi connectivity index (χ0) is 25.2. The van der Waals surface area contributed by atoms with Crippen molar-refractivity contribution in [3.8, 4) is 32.6 Å². The lowest BCUT2D eigenvalue weighted by Gasteiger charge is -2.14. The van der Waals surface area contributed by atoms with Gasteiger partial charge in [0.1, 0.15) is 11.5 Å². The lowest BCUT2D eigenvalue weighted by Crippen LogP contribution is -2.24. The van der Waals surface area contributed by atoms with Gasteiger partial charge in [-0.15, -0.1) is 11.3 Å². The molecule has 2 aromatic heterocycles. The Bertz CT molecular complexity index is 1630. The number of thiophene rings is 1. The quantitative estimate of drug-likeness (QED) is 0.288. The molecule has 0 aliphatic rings. The summed E-state index contributed by atoms with van der Waals surface area (Å²) in [6.07, 6.45) is 0. The average molecular weight is 518 g/mol. The summed E-state index contributed by atoms with van der Waals surface area (Å²) in [7, 11) is 3.26. The number of halogens is 1. The number of hydrogen-bond acceptors (Lipinski definition) is 6. The van der Waals surface area contributed by atoms with Gasteiger partial charge in [0.2, 0.25) is 0 Å². The molecule has 182 valence electrons. The summed E-state index contributed by atoms with van der Waals surface area (Å²) in [4.78, 5) is 20.4. The first kappa shape index (κ1) is 24.1. The van der Waals surface area contributed by atoms with Crippen molar-refractivity contribution in [2.45, 2.75) is 13.1 Å². The Labute approximate surface area is 217 Å². The molecule has 0 aliphatic heterocycles. The molecule has 0 unspecified atom stereocenters. The van der Waals surface area contributed by atoms with E-state index in [-0.39, 0.29) is 5.56 Å². The third-order valence-corrected chi connectivity index (χ3v) is 7.34. The van der Waals surface area contributed by atoms with Gasteiger partial charge in [0.05, 0.1) is 36.5 Å². The minimum atomic E-state index is -0.123. The maximum absolute atomic E-state index is 13.7. The summed E-state index contributed by atoms with van der Waals surface area (Å²) in [6, 6.07) is 22.8.